The number of nitrogens with zero attached hydrogens (tertiary/aromatic N) is 3. The summed E-state index contributed by atoms with van der Waals surface area (Å²) in [5.41, 5.74) is 1.19. The summed E-state index contributed by atoms with van der Waals surface area (Å²) >= 11 is 0. The van der Waals surface area contributed by atoms with Crippen LogP contribution in [-0.2, 0) is 5.54 Å². The van der Waals surface area contributed by atoms with Gasteiger partial charge in [-0.15, -0.1) is 0 Å². The number of anilines is 1. The van der Waals surface area contributed by atoms with E-state index in [1.807, 2.05) is 30.3 Å². The van der Waals surface area contributed by atoms with Crippen LogP contribution in [0.5, 0.6) is 5.88 Å². The maximum absolute atomic E-state index is 15.3. The van der Waals surface area contributed by atoms with Crippen LogP contribution in [0.1, 0.15) is 40.0 Å². The molecular formula is C27H24F4N4O2. The first-order valence-corrected chi connectivity index (χ1v) is 11.7. The second-order valence-corrected chi connectivity index (χ2v) is 9.07. The van der Waals surface area contributed by atoms with Gasteiger partial charge in [-0.3, -0.25) is 14.8 Å². The number of nitrogens with one attached hydrogen (secondary N) is 1. The van der Waals surface area contributed by atoms with Gasteiger partial charge >= 0.3 is 6.61 Å². The molecule has 3 aromatic rings. The number of alkyl halides is 2. The van der Waals surface area contributed by atoms with E-state index in [4.69, 9.17) is 0 Å². The van der Waals surface area contributed by atoms with Crippen LogP contribution in [0.25, 0.3) is 5.70 Å². The molecule has 1 aliphatic carbocycles. The first-order valence-electron chi connectivity index (χ1n) is 11.7. The third-order valence-electron chi connectivity index (χ3n) is 6.66. The van der Waals surface area contributed by atoms with Crippen molar-refractivity contribution in [2.24, 2.45) is 0 Å². The number of ether oxygens (including phenoxy) is 1. The zero-order valence-corrected chi connectivity index (χ0v) is 20.1. The van der Waals surface area contributed by atoms with E-state index in [2.05, 4.69) is 15.0 Å². The Morgan fingerprint density at radius 3 is 2.38 bits per heavy atom. The Morgan fingerprint density at radius 1 is 1.08 bits per heavy atom. The molecule has 0 unspecified atom stereocenters. The van der Waals surface area contributed by atoms with Crippen molar-refractivity contribution in [1.29, 1.82) is 0 Å². The predicted octanol–water partition coefficient (Wildman–Crippen LogP) is 5.55. The van der Waals surface area contributed by atoms with Gasteiger partial charge < -0.3 is 10.1 Å². The zero-order chi connectivity index (χ0) is 26.3. The molecule has 0 saturated heterocycles. The van der Waals surface area contributed by atoms with E-state index < -0.39 is 35.6 Å². The summed E-state index contributed by atoms with van der Waals surface area (Å²) in [6.07, 6.45) is 1.38. The normalized spacial score (nSPS) is 16.4. The predicted molar refractivity (Wildman–Crippen MR) is 130 cm³/mol. The smallest absolute Gasteiger partial charge is 0.388 e. The number of benzene rings is 2. The van der Waals surface area contributed by atoms with Gasteiger partial charge in [0.05, 0.1) is 29.2 Å². The molecule has 0 spiro atoms. The fourth-order valence-electron chi connectivity index (χ4n) is 4.62. The van der Waals surface area contributed by atoms with Crippen molar-refractivity contribution in [2.45, 2.75) is 31.9 Å². The monoisotopic (exact) mass is 512 g/mol. The van der Waals surface area contributed by atoms with E-state index in [9.17, 15) is 18.0 Å². The molecule has 2 aliphatic rings. The highest BCUT2D eigenvalue weighted by Gasteiger charge is 2.46. The molecule has 1 aromatic heterocycles. The van der Waals surface area contributed by atoms with Gasteiger partial charge in [-0.05, 0) is 55.7 Å². The van der Waals surface area contributed by atoms with Gasteiger partial charge in [0.1, 0.15) is 17.2 Å². The van der Waals surface area contributed by atoms with E-state index in [0.29, 0.717) is 18.5 Å². The summed E-state index contributed by atoms with van der Waals surface area (Å²) in [4.78, 5) is 17.5. The van der Waals surface area contributed by atoms with E-state index >= 15 is 4.39 Å². The summed E-state index contributed by atoms with van der Waals surface area (Å²) in [5.74, 6) is -2.13. The quantitative estimate of drug-likeness (QED) is 0.421. The number of hydrogen-bond acceptors (Lipinski definition) is 5. The van der Waals surface area contributed by atoms with E-state index in [0.717, 1.165) is 5.56 Å². The number of carbonyl (C=O) groups excluding carboxylic acids is 1. The fraction of sp³-hybridized carbons (Fsp3) is 0.259. The zero-order valence-electron chi connectivity index (χ0n) is 20.1. The first-order chi connectivity index (χ1) is 17.7. The summed E-state index contributed by atoms with van der Waals surface area (Å²) in [6.45, 7) is -1.81. The summed E-state index contributed by atoms with van der Waals surface area (Å²) in [5, 5.41) is 6.05. The lowest BCUT2D eigenvalue weighted by Crippen LogP contribution is -2.36. The second-order valence-electron chi connectivity index (χ2n) is 9.07. The van der Waals surface area contributed by atoms with Crippen molar-refractivity contribution in [1.82, 2.24) is 15.3 Å². The van der Waals surface area contributed by atoms with Gasteiger partial charge in [-0.1, -0.05) is 30.3 Å². The third kappa shape index (κ3) is 4.71. The van der Waals surface area contributed by atoms with Crippen molar-refractivity contribution in [3.63, 3.8) is 0 Å². The molecule has 0 bridgehead atoms. The lowest BCUT2D eigenvalue weighted by molar-refractivity contribution is -0.0532. The maximum atomic E-state index is 15.3. The Labute approximate surface area is 211 Å². The van der Waals surface area contributed by atoms with Crippen molar-refractivity contribution < 1.29 is 27.1 Å². The van der Waals surface area contributed by atoms with Crippen molar-refractivity contribution in [3.8, 4) is 5.88 Å². The number of pyridine rings is 1. The average Bonchev–Trinajstić information content (AvgIpc) is 3.59. The van der Waals surface area contributed by atoms with Crippen LogP contribution in [0.4, 0.5) is 23.2 Å². The Bertz CT molecular complexity index is 1360. The van der Waals surface area contributed by atoms with Crippen LogP contribution in [0.15, 0.2) is 66.5 Å². The van der Waals surface area contributed by atoms with Gasteiger partial charge in [0, 0.05) is 12.6 Å². The molecular weight excluding hydrogens is 488 g/mol. The van der Waals surface area contributed by atoms with Crippen molar-refractivity contribution >= 4 is 17.3 Å². The summed E-state index contributed by atoms with van der Waals surface area (Å²) in [7, 11) is 1.61. The molecule has 0 radical (unpaired) electrons. The molecule has 1 saturated carbocycles. The molecule has 6 nitrogen and oxygen atoms in total. The Hall–Kier alpha value is -4.08. The lowest BCUT2D eigenvalue weighted by atomic mass is 10.0. The lowest BCUT2D eigenvalue weighted by Gasteiger charge is -2.30. The molecule has 2 heterocycles. The van der Waals surface area contributed by atoms with Gasteiger partial charge in [0.2, 0.25) is 5.88 Å². The minimum Gasteiger partial charge on any atom is -0.416 e. The molecule has 2 aromatic carbocycles. The van der Waals surface area contributed by atoms with Crippen LogP contribution in [0.3, 0.4) is 0 Å². The SMILES string of the molecule is Cc1nc(OC(F)F)c(C(=O)NC2(c3ccccc3)CC2)cc1C1=C(F)CN(c2ccc(F)cc2)N1C. The van der Waals surface area contributed by atoms with Crippen LogP contribution in [0, 0.1) is 12.7 Å². The average molecular weight is 513 g/mol. The van der Waals surface area contributed by atoms with Crippen LogP contribution < -0.4 is 15.1 Å². The number of carbonyl (C=O) groups is 1. The fourth-order valence-corrected chi connectivity index (χ4v) is 4.62. The first kappa shape index (κ1) is 24.6. The number of halogens is 4. The van der Waals surface area contributed by atoms with Gasteiger partial charge in [-0.2, -0.15) is 8.78 Å². The number of amides is 1. The largest absolute Gasteiger partial charge is 0.416 e. The third-order valence-corrected chi connectivity index (χ3v) is 6.66. The second kappa shape index (κ2) is 9.42. The molecule has 10 heteroatoms. The topological polar surface area (TPSA) is 57.7 Å². The summed E-state index contributed by atoms with van der Waals surface area (Å²) in [6, 6.07) is 16.3. The van der Waals surface area contributed by atoms with E-state index in [1.165, 1.54) is 42.3 Å². The van der Waals surface area contributed by atoms with E-state index in [1.54, 1.807) is 12.1 Å². The van der Waals surface area contributed by atoms with E-state index in [-0.39, 0.29) is 29.1 Å². The Kier molecular flexibility index (Phi) is 6.26. The number of hydrazine groups is 1. The molecule has 192 valence electrons. The van der Waals surface area contributed by atoms with Crippen molar-refractivity contribution in [2.75, 3.05) is 18.6 Å². The summed E-state index contributed by atoms with van der Waals surface area (Å²) < 4.78 is 59.7. The maximum Gasteiger partial charge on any atom is 0.388 e. The van der Waals surface area contributed by atoms with Crippen LogP contribution >= 0.6 is 0 Å². The molecule has 1 aliphatic heterocycles. The Morgan fingerprint density at radius 2 is 1.76 bits per heavy atom. The minimum absolute atomic E-state index is 0.121. The Balaban J connectivity index is 1.50. The standard InChI is InChI=1S/C27H24F4N4O2/c1-16-20(23-22(29)15-35(34(23)2)19-10-8-18(28)9-11-19)14-21(25(32-16)37-26(30)31)24(36)33-27(12-13-27)17-6-4-3-5-7-17/h3-11,14,26H,12-13,15H2,1-2H3,(H,33,36). The molecule has 1 fully saturated rings. The van der Waals surface area contributed by atoms with Gasteiger partial charge in [0.25, 0.3) is 5.91 Å². The van der Waals surface area contributed by atoms with Crippen LogP contribution in [-0.4, -0.2) is 36.1 Å². The minimum atomic E-state index is -3.20. The molecule has 1 N–H and O–H groups in total. The highest BCUT2D eigenvalue weighted by Crippen LogP contribution is 2.46. The number of aromatic nitrogens is 1. The van der Waals surface area contributed by atoms with Gasteiger partial charge in [0.15, 0.2) is 0 Å². The molecule has 0 atom stereocenters. The highest BCUT2D eigenvalue weighted by molar-refractivity contribution is 5.98. The molecule has 5 rings (SSSR count). The van der Waals surface area contributed by atoms with Crippen molar-refractivity contribution in [3.05, 3.63) is 94.7 Å². The van der Waals surface area contributed by atoms with Crippen LogP contribution in [0.2, 0.25) is 0 Å². The molecule has 1 amide bonds. The van der Waals surface area contributed by atoms with Gasteiger partial charge in [-0.25, -0.2) is 13.8 Å². The number of aryl methyl sites for hydroxylation is 1. The highest BCUT2D eigenvalue weighted by atomic mass is 19.3. The number of rotatable bonds is 7. The molecule has 37 heavy (non-hydrogen) atoms. The number of hydrogen-bond donors (Lipinski definition) is 1.